The van der Waals surface area contributed by atoms with Gasteiger partial charge in [-0.1, -0.05) is 100 Å². The summed E-state index contributed by atoms with van der Waals surface area (Å²) in [6.45, 7) is 5.76. The Labute approximate surface area is 260 Å². The first-order chi connectivity index (χ1) is 21.2. The van der Waals surface area contributed by atoms with Crippen LogP contribution in [0.4, 0.5) is 0 Å². The molecule has 2 unspecified atom stereocenters. The lowest BCUT2D eigenvalue weighted by Gasteiger charge is -2.30. The average Bonchev–Trinajstić information content (AvgIpc) is 3.49. The fourth-order valence-electron chi connectivity index (χ4n) is 6.38. The monoisotopic (exact) mass is 606 g/mol. The van der Waals surface area contributed by atoms with Crippen LogP contribution in [0, 0.1) is 5.92 Å². The lowest BCUT2D eigenvalue weighted by Crippen LogP contribution is -2.36. The minimum absolute atomic E-state index is 0.293. The Balaban J connectivity index is 1.19. The Morgan fingerprint density at radius 2 is 1.36 bits per heavy atom. The number of unbranched alkanes of at least 4 members (excludes halogenated alkanes) is 6. The van der Waals surface area contributed by atoms with Gasteiger partial charge in [-0.2, -0.15) is 0 Å². The number of benzene rings is 2. The fourth-order valence-corrected chi connectivity index (χ4v) is 6.38. The second kappa shape index (κ2) is 16.5. The predicted octanol–water partition coefficient (Wildman–Crippen LogP) is 7.82. The molecule has 4 rings (SSSR count). The van der Waals surface area contributed by atoms with Crippen LogP contribution in [-0.2, 0) is 28.6 Å². The summed E-state index contributed by atoms with van der Waals surface area (Å²) in [5.41, 5.74) is 4.65. The summed E-state index contributed by atoms with van der Waals surface area (Å²) in [5, 5.41) is 18.6. The number of rotatable bonds is 16. The number of hydrogen-bond acceptors (Lipinski definition) is 6. The zero-order valence-electron chi connectivity index (χ0n) is 25.7. The molecule has 1 saturated heterocycles. The third-order valence-electron chi connectivity index (χ3n) is 8.88. The van der Waals surface area contributed by atoms with Gasteiger partial charge >= 0.3 is 17.9 Å². The van der Waals surface area contributed by atoms with Gasteiger partial charge < -0.3 is 24.4 Å². The molecule has 2 aliphatic rings. The molecule has 8 nitrogen and oxygen atoms in total. The van der Waals surface area contributed by atoms with Crippen molar-refractivity contribution in [3.8, 4) is 11.1 Å². The highest BCUT2D eigenvalue weighted by atomic mass is 16.7. The summed E-state index contributed by atoms with van der Waals surface area (Å²) in [6, 6.07) is 16.1. The Morgan fingerprint density at radius 3 is 1.95 bits per heavy atom. The van der Waals surface area contributed by atoms with Gasteiger partial charge in [0.2, 0.25) is 0 Å². The van der Waals surface area contributed by atoms with Crippen LogP contribution in [0.5, 0.6) is 0 Å². The summed E-state index contributed by atoms with van der Waals surface area (Å²) in [4.78, 5) is 34.2. The van der Waals surface area contributed by atoms with Crippen LogP contribution in [0.15, 0.2) is 60.7 Å². The van der Waals surface area contributed by atoms with Crippen LogP contribution in [0.1, 0.15) is 107 Å². The molecule has 1 aliphatic heterocycles. The molecule has 44 heavy (non-hydrogen) atoms. The molecule has 0 aromatic heterocycles. The molecule has 0 radical (unpaired) electrons. The third kappa shape index (κ3) is 9.26. The molecule has 1 saturated carbocycles. The second-order valence-corrected chi connectivity index (χ2v) is 12.2. The van der Waals surface area contributed by atoms with E-state index in [-0.39, 0.29) is 5.97 Å². The van der Waals surface area contributed by atoms with E-state index in [4.69, 9.17) is 14.2 Å². The molecule has 0 bridgehead atoms. The van der Waals surface area contributed by atoms with Gasteiger partial charge in [0.15, 0.2) is 18.5 Å². The molecule has 238 valence electrons. The van der Waals surface area contributed by atoms with Crippen molar-refractivity contribution in [1.82, 2.24) is 0 Å². The Kier molecular flexibility index (Phi) is 12.6. The van der Waals surface area contributed by atoms with Crippen molar-refractivity contribution < 1.29 is 38.8 Å². The van der Waals surface area contributed by atoms with E-state index < -0.39 is 30.4 Å². The van der Waals surface area contributed by atoms with E-state index in [1.807, 2.05) is 24.3 Å². The van der Waals surface area contributed by atoms with Gasteiger partial charge in [-0.25, -0.2) is 14.4 Å². The molecule has 2 N–H and O–H groups in total. The molecule has 2 fully saturated rings. The lowest BCUT2D eigenvalue weighted by molar-refractivity contribution is -0.156. The van der Waals surface area contributed by atoms with Crippen LogP contribution < -0.4 is 0 Å². The minimum Gasteiger partial charge on any atom is -0.479 e. The van der Waals surface area contributed by atoms with Gasteiger partial charge in [-0.05, 0) is 67.6 Å². The highest BCUT2D eigenvalue weighted by Gasteiger charge is 2.46. The Morgan fingerprint density at radius 1 is 0.795 bits per heavy atom. The standard InChI is InChI=1S/C36H46O8/c1-24(2)35(41)42-23-11-7-5-3-4-6-8-12-25-15-17-26(18-16-25)29-13-9-10-14-30(29)27-19-21-28(22-20-27)36-43-31(33(37)38)32(44-36)34(39)40/h9-10,13-14,19-22,25-26,31-32,36H,1,3-8,11-12,15-18,23H2,2H3,(H,37,38)(H,39,40)/t25-,26-,31?,32?,36?. The van der Waals surface area contributed by atoms with E-state index in [2.05, 4.69) is 30.8 Å². The third-order valence-corrected chi connectivity index (χ3v) is 8.88. The van der Waals surface area contributed by atoms with Crippen LogP contribution >= 0.6 is 0 Å². The van der Waals surface area contributed by atoms with Gasteiger partial charge in [0, 0.05) is 11.1 Å². The highest BCUT2D eigenvalue weighted by molar-refractivity contribution is 5.87. The molecule has 2 aromatic rings. The predicted molar refractivity (Wildman–Crippen MR) is 167 cm³/mol. The number of hydrogen-bond donors (Lipinski definition) is 2. The summed E-state index contributed by atoms with van der Waals surface area (Å²) in [7, 11) is 0. The zero-order valence-corrected chi connectivity index (χ0v) is 25.7. The fraction of sp³-hybridized carbons (Fsp3) is 0.528. The van der Waals surface area contributed by atoms with E-state index in [1.54, 1.807) is 6.92 Å². The highest BCUT2D eigenvalue weighted by Crippen LogP contribution is 2.42. The first kappa shape index (κ1) is 33.4. The summed E-state index contributed by atoms with van der Waals surface area (Å²) < 4.78 is 16.0. The summed E-state index contributed by atoms with van der Waals surface area (Å²) >= 11 is 0. The van der Waals surface area contributed by atoms with Crippen molar-refractivity contribution in [2.45, 2.75) is 108 Å². The molecule has 2 aromatic carbocycles. The molecular weight excluding hydrogens is 560 g/mol. The maximum atomic E-state index is 11.4. The van der Waals surface area contributed by atoms with E-state index in [1.165, 1.54) is 75.3 Å². The zero-order chi connectivity index (χ0) is 31.5. The number of carbonyl (C=O) groups is 3. The van der Waals surface area contributed by atoms with Crippen molar-refractivity contribution in [3.63, 3.8) is 0 Å². The van der Waals surface area contributed by atoms with E-state index in [0.29, 0.717) is 23.7 Å². The van der Waals surface area contributed by atoms with Gasteiger partial charge in [0.25, 0.3) is 0 Å². The van der Waals surface area contributed by atoms with Gasteiger partial charge in [0.05, 0.1) is 6.61 Å². The molecule has 1 heterocycles. The normalized spacial score (nSPS) is 23.2. The molecule has 2 atom stereocenters. The lowest BCUT2D eigenvalue weighted by atomic mass is 9.75. The quantitative estimate of drug-likeness (QED) is 0.113. The average molecular weight is 607 g/mol. The molecule has 1 aliphatic carbocycles. The number of ether oxygens (including phenoxy) is 3. The largest absolute Gasteiger partial charge is 0.479 e. The number of aliphatic carboxylic acids is 2. The number of esters is 1. The van der Waals surface area contributed by atoms with Crippen LogP contribution in [-0.4, -0.2) is 46.9 Å². The van der Waals surface area contributed by atoms with Crippen LogP contribution in [0.2, 0.25) is 0 Å². The molecule has 0 spiro atoms. The van der Waals surface area contributed by atoms with Crippen LogP contribution in [0.3, 0.4) is 0 Å². The van der Waals surface area contributed by atoms with E-state index in [9.17, 15) is 24.6 Å². The Hall–Kier alpha value is -3.49. The van der Waals surface area contributed by atoms with Crippen molar-refractivity contribution in [3.05, 3.63) is 71.8 Å². The number of carboxylic acids is 2. The maximum Gasteiger partial charge on any atom is 0.336 e. The SMILES string of the molecule is C=C(C)C(=O)OCCCCCCCCC[C@H]1CC[C@H](c2ccccc2-c2ccc(C3OC(C(=O)O)C(C(=O)O)O3)cc2)CC1. The Bertz CT molecular complexity index is 1240. The van der Waals surface area contributed by atoms with Gasteiger partial charge in [0.1, 0.15) is 0 Å². The molecule has 8 heteroatoms. The number of carboxylic acid groups (broad SMARTS) is 2. The minimum atomic E-state index is -1.55. The smallest absolute Gasteiger partial charge is 0.336 e. The van der Waals surface area contributed by atoms with Crippen molar-refractivity contribution in [2.75, 3.05) is 6.61 Å². The van der Waals surface area contributed by atoms with Gasteiger partial charge in [-0.15, -0.1) is 0 Å². The van der Waals surface area contributed by atoms with Gasteiger partial charge in [-0.3, -0.25) is 0 Å². The summed E-state index contributed by atoms with van der Waals surface area (Å²) in [6.07, 6.45) is 10.4. The molecule has 0 amide bonds. The second-order valence-electron chi connectivity index (χ2n) is 12.2. The van der Waals surface area contributed by atoms with Crippen molar-refractivity contribution in [1.29, 1.82) is 0 Å². The maximum absolute atomic E-state index is 11.4. The topological polar surface area (TPSA) is 119 Å². The van der Waals surface area contributed by atoms with Crippen molar-refractivity contribution in [2.24, 2.45) is 5.92 Å². The number of carbonyl (C=O) groups excluding carboxylic acids is 1. The first-order valence-corrected chi connectivity index (χ1v) is 16.0. The van der Waals surface area contributed by atoms with Crippen molar-refractivity contribution >= 4 is 17.9 Å². The van der Waals surface area contributed by atoms with Crippen LogP contribution in [0.25, 0.3) is 11.1 Å². The van der Waals surface area contributed by atoms with E-state index >= 15 is 0 Å². The molecular formula is C36H46O8. The first-order valence-electron chi connectivity index (χ1n) is 16.0. The van der Waals surface area contributed by atoms with E-state index in [0.717, 1.165) is 24.3 Å². The summed E-state index contributed by atoms with van der Waals surface area (Å²) in [5.74, 6) is -1.69.